The van der Waals surface area contributed by atoms with E-state index in [-0.39, 0.29) is 11.9 Å². The summed E-state index contributed by atoms with van der Waals surface area (Å²) >= 11 is 5.96. The standard InChI is InChI=1S/C14H19ClFNO/c1-10(11-5-7-17(2)8-6-11)18-14-4-3-12(16)9-13(14)15/h3-4,9-11H,5-8H2,1-2H3. The van der Waals surface area contributed by atoms with Gasteiger partial charge in [0, 0.05) is 0 Å². The zero-order valence-electron chi connectivity index (χ0n) is 10.8. The van der Waals surface area contributed by atoms with Crippen molar-refractivity contribution >= 4 is 11.6 Å². The predicted octanol–water partition coefficient (Wildman–Crippen LogP) is 3.59. The summed E-state index contributed by atoms with van der Waals surface area (Å²) in [5, 5.41) is 0.342. The van der Waals surface area contributed by atoms with Crippen molar-refractivity contribution in [2.24, 2.45) is 5.92 Å². The van der Waals surface area contributed by atoms with Gasteiger partial charge in [-0.1, -0.05) is 11.6 Å². The van der Waals surface area contributed by atoms with Crippen molar-refractivity contribution in [2.45, 2.75) is 25.9 Å². The number of ether oxygens (including phenoxy) is 1. The summed E-state index contributed by atoms with van der Waals surface area (Å²) in [5.41, 5.74) is 0. The fraction of sp³-hybridized carbons (Fsp3) is 0.571. The maximum Gasteiger partial charge on any atom is 0.138 e. The van der Waals surface area contributed by atoms with Crippen LogP contribution in [-0.2, 0) is 0 Å². The summed E-state index contributed by atoms with van der Waals surface area (Å²) < 4.78 is 18.8. The minimum Gasteiger partial charge on any atom is -0.489 e. The first kappa shape index (κ1) is 13.6. The molecule has 1 atom stereocenters. The van der Waals surface area contributed by atoms with Gasteiger partial charge in [0.05, 0.1) is 11.1 Å². The van der Waals surface area contributed by atoms with Gasteiger partial charge in [-0.05, 0) is 64.0 Å². The second-order valence-electron chi connectivity index (χ2n) is 5.04. The van der Waals surface area contributed by atoms with E-state index < -0.39 is 0 Å². The molecule has 0 N–H and O–H groups in total. The van der Waals surface area contributed by atoms with Gasteiger partial charge in [-0.15, -0.1) is 0 Å². The van der Waals surface area contributed by atoms with Gasteiger partial charge < -0.3 is 9.64 Å². The summed E-state index contributed by atoms with van der Waals surface area (Å²) in [6.07, 6.45) is 2.38. The van der Waals surface area contributed by atoms with Crippen LogP contribution in [0.5, 0.6) is 5.75 Å². The Morgan fingerprint density at radius 3 is 2.67 bits per heavy atom. The Bertz CT molecular complexity index is 405. The lowest BCUT2D eigenvalue weighted by Gasteiger charge is -2.32. The average molecular weight is 272 g/mol. The monoisotopic (exact) mass is 271 g/mol. The van der Waals surface area contributed by atoms with Crippen LogP contribution in [-0.4, -0.2) is 31.1 Å². The van der Waals surface area contributed by atoms with E-state index in [1.54, 1.807) is 6.07 Å². The molecule has 4 heteroatoms. The van der Waals surface area contributed by atoms with E-state index in [0.717, 1.165) is 25.9 Å². The SMILES string of the molecule is CC(Oc1ccc(F)cc1Cl)C1CCN(C)CC1. The first-order valence-corrected chi connectivity index (χ1v) is 6.74. The maximum atomic E-state index is 12.9. The number of likely N-dealkylation sites (tertiary alicyclic amines) is 1. The minimum atomic E-state index is -0.334. The largest absolute Gasteiger partial charge is 0.489 e. The highest BCUT2D eigenvalue weighted by molar-refractivity contribution is 6.32. The topological polar surface area (TPSA) is 12.5 Å². The highest BCUT2D eigenvalue weighted by Gasteiger charge is 2.24. The van der Waals surface area contributed by atoms with Crippen molar-refractivity contribution in [3.63, 3.8) is 0 Å². The fourth-order valence-corrected chi connectivity index (χ4v) is 2.58. The molecule has 1 fully saturated rings. The average Bonchev–Trinajstić information content (AvgIpc) is 2.33. The molecule has 18 heavy (non-hydrogen) atoms. The lowest BCUT2D eigenvalue weighted by molar-refractivity contribution is 0.0978. The van der Waals surface area contributed by atoms with Crippen molar-refractivity contribution in [3.8, 4) is 5.75 Å². The molecule has 1 unspecified atom stereocenters. The van der Waals surface area contributed by atoms with Crippen molar-refractivity contribution < 1.29 is 9.13 Å². The lowest BCUT2D eigenvalue weighted by atomic mass is 9.92. The van der Waals surface area contributed by atoms with Crippen LogP contribution in [0.15, 0.2) is 18.2 Å². The Labute approximate surface area is 113 Å². The van der Waals surface area contributed by atoms with Gasteiger partial charge in [-0.25, -0.2) is 4.39 Å². The van der Waals surface area contributed by atoms with Crippen LogP contribution < -0.4 is 4.74 Å². The molecule has 0 aliphatic carbocycles. The maximum absolute atomic E-state index is 12.9. The van der Waals surface area contributed by atoms with E-state index in [1.165, 1.54) is 12.1 Å². The molecule has 1 heterocycles. The van der Waals surface area contributed by atoms with Crippen LogP contribution in [0.3, 0.4) is 0 Å². The molecule has 1 aliphatic heterocycles. The molecule has 0 aromatic heterocycles. The summed E-state index contributed by atoms with van der Waals surface area (Å²) in [4.78, 5) is 2.33. The quantitative estimate of drug-likeness (QED) is 0.833. The Kier molecular flexibility index (Phi) is 4.46. The Morgan fingerprint density at radius 2 is 2.06 bits per heavy atom. The van der Waals surface area contributed by atoms with Crippen molar-refractivity contribution in [1.82, 2.24) is 4.90 Å². The molecular weight excluding hydrogens is 253 g/mol. The van der Waals surface area contributed by atoms with Gasteiger partial charge >= 0.3 is 0 Å². The Hall–Kier alpha value is -0.800. The molecule has 0 amide bonds. The molecule has 0 radical (unpaired) electrons. The van der Waals surface area contributed by atoms with E-state index in [2.05, 4.69) is 18.9 Å². The molecular formula is C14H19ClFNO. The lowest BCUT2D eigenvalue weighted by Crippen LogP contribution is -2.36. The molecule has 2 rings (SSSR count). The molecule has 1 aliphatic rings. The molecule has 1 saturated heterocycles. The number of nitrogens with zero attached hydrogens (tertiary/aromatic N) is 1. The van der Waals surface area contributed by atoms with Crippen LogP contribution >= 0.6 is 11.6 Å². The van der Waals surface area contributed by atoms with Gasteiger partial charge in [0.1, 0.15) is 11.6 Å². The molecule has 1 aromatic carbocycles. The van der Waals surface area contributed by atoms with Crippen molar-refractivity contribution in [1.29, 1.82) is 0 Å². The number of halogens is 2. The van der Waals surface area contributed by atoms with Crippen LogP contribution in [0.4, 0.5) is 4.39 Å². The smallest absolute Gasteiger partial charge is 0.138 e. The summed E-state index contributed by atoms with van der Waals surface area (Å²) in [5.74, 6) is 0.783. The molecule has 0 saturated carbocycles. The normalized spacial score (nSPS) is 19.8. The zero-order valence-corrected chi connectivity index (χ0v) is 11.6. The zero-order chi connectivity index (χ0) is 13.1. The fourth-order valence-electron chi connectivity index (χ4n) is 2.37. The summed E-state index contributed by atoms with van der Waals surface area (Å²) in [6, 6.07) is 4.27. The van der Waals surface area contributed by atoms with Gasteiger partial charge in [0.2, 0.25) is 0 Å². The van der Waals surface area contributed by atoms with Crippen LogP contribution in [0.25, 0.3) is 0 Å². The van der Waals surface area contributed by atoms with Crippen LogP contribution in [0.2, 0.25) is 5.02 Å². The van der Waals surface area contributed by atoms with E-state index in [1.807, 2.05) is 0 Å². The highest BCUT2D eigenvalue weighted by Crippen LogP contribution is 2.29. The van der Waals surface area contributed by atoms with E-state index in [0.29, 0.717) is 16.7 Å². The Balaban J connectivity index is 1.96. The third-order valence-electron chi connectivity index (χ3n) is 3.63. The van der Waals surface area contributed by atoms with Crippen LogP contribution in [0, 0.1) is 11.7 Å². The number of benzene rings is 1. The van der Waals surface area contributed by atoms with Gasteiger partial charge in [0.15, 0.2) is 0 Å². The number of piperidine rings is 1. The molecule has 100 valence electrons. The summed E-state index contributed by atoms with van der Waals surface area (Å²) in [7, 11) is 2.14. The van der Waals surface area contributed by atoms with Crippen molar-refractivity contribution in [2.75, 3.05) is 20.1 Å². The number of hydrogen-bond donors (Lipinski definition) is 0. The first-order valence-electron chi connectivity index (χ1n) is 6.36. The molecule has 0 spiro atoms. The Morgan fingerprint density at radius 1 is 1.39 bits per heavy atom. The highest BCUT2D eigenvalue weighted by atomic mass is 35.5. The van der Waals surface area contributed by atoms with Gasteiger partial charge in [0.25, 0.3) is 0 Å². The third-order valence-corrected chi connectivity index (χ3v) is 3.93. The summed E-state index contributed by atoms with van der Waals surface area (Å²) in [6.45, 7) is 4.28. The van der Waals surface area contributed by atoms with Gasteiger partial charge in [-0.2, -0.15) is 0 Å². The van der Waals surface area contributed by atoms with E-state index in [9.17, 15) is 4.39 Å². The number of hydrogen-bond acceptors (Lipinski definition) is 2. The molecule has 0 bridgehead atoms. The molecule has 1 aromatic rings. The predicted molar refractivity (Wildman–Crippen MR) is 71.7 cm³/mol. The molecule has 2 nitrogen and oxygen atoms in total. The van der Waals surface area contributed by atoms with E-state index >= 15 is 0 Å². The third kappa shape index (κ3) is 3.36. The van der Waals surface area contributed by atoms with Crippen molar-refractivity contribution in [3.05, 3.63) is 29.0 Å². The number of rotatable bonds is 3. The second kappa shape index (κ2) is 5.89. The second-order valence-corrected chi connectivity index (χ2v) is 5.45. The van der Waals surface area contributed by atoms with Crippen LogP contribution in [0.1, 0.15) is 19.8 Å². The first-order chi connectivity index (χ1) is 8.56. The van der Waals surface area contributed by atoms with Gasteiger partial charge in [-0.3, -0.25) is 0 Å². The minimum absolute atomic E-state index is 0.113. The van der Waals surface area contributed by atoms with E-state index in [4.69, 9.17) is 16.3 Å².